The largest absolute Gasteiger partial charge is 0.573 e. The zero-order chi connectivity index (χ0) is 16.4. The number of rotatable bonds is 5. The van der Waals surface area contributed by atoms with Crippen molar-refractivity contribution in [2.24, 2.45) is 5.92 Å². The van der Waals surface area contributed by atoms with E-state index in [1.807, 2.05) is 0 Å². The monoisotopic (exact) mass is 329 g/mol. The van der Waals surface area contributed by atoms with E-state index in [-0.39, 0.29) is 23.3 Å². The lowest BCUT2D eigenvalue weighted by Crippen LogP contribution is -2.30. The van der Waals surface area contributed by atoms with Crippen LogP contribution in [0.5, 0.6) is 5.75 Å². The molecule has 23 heavy (non-hydrogen) atoms. The maximum Gasteiger partial charge on any atom is 0.573 e. The molecule has 2 fully saturated rings. The smallest absolute Gasteiger partial charge is 0.406 e. The third-order valence-electron chi connectivity index (χ3n) is 4.01. The lowest BCUT2D eigenvalue weighted by Gasteiger charge is -2.17. The molecule has 0 radical (unpaired) electrons. The molecule has 7 heteroatoms. The lowest BCUT2D eigenvalue weighted by atomic mass is 10.2. The van der Waals surface area contributed by atoms with Crippen molar-refractivity contribution in [2.75, 3.05) is 19.7 Å². The van der Waals surface area contributed by atoms with Gasteiger partial charge in [0.15, 0.2) is 0 Å². The fourth-order valence-corrected chi connectivity index (χ4v) is 2.61. The Kier molecular flexibility index (Phi) is 4.48. The van der Waals surface area contributed by atoms with Gasteiger partial charge in [-0.1, -0.05) is 6.07 Å². The summed E-state index contributed by atoms with van der Waals surface area (Å²) in [7, 11) is 0. The number of ether oxygens (including phenoxy) is 2. The first-order valence-electron chi connectivity index (χ1n) is 7.67. The molecule has 0 spiro atoms. The first-order chi connectivity index (χ1) is 10.9. The number of benzene rings is 1. The first-order valence-corrected chi connectivity index (χ1v) is 7.67. The van der Waals surface area contributed by atoms with Crippen LogP contribution < -0.4 is 4.74 Å². The molecule has 0 aromatic heterocycles. The van der Waals surface area contributed by atoms with E-state index in [1.165, 1.54) is 31.0 Å². The van der Waals surface area contributed by atoms with Gasteiger partial charge in [0.1, 0.15) is 5.75 Å². The summed E-state index contributed by atoms with van der Waals surface area (Å²) in [5, 5.41) is 0. The average Bonchev–Trinajstić information content (AvgIpc) is 3.19. The summed E-state index contributed by atoms with van der Waals surface area (Å²) in [6.45, 7) is 1.77. The zero-order valence-electron chi connectivity index (χ0n) is 12.5. The maximum atomic E-state index is 12.4. The fourth-order valence-electron chi connectivity index (χ4n) is 2.61. The minimum Gasteiger partial charge on any atom is -0.406 e. The number of hydrogen-bond donors (Lipinski definition) is 0. The molecular formula is C16H18F3NO3. The molecule has 0 bridgehead atoms. The van der Waals surface area contributed by atoms with Gasteiger partial charge >= 0.3 is 6.36 Å². The van der Waals surface area contributed by atoms with E-state index in [1.54, 1.807) is 4.90 Å². The molecule has 126 valence electrons. The number of amides is 1. The van der Waals surface area contributed by atoms with Gasteiger partial charge in [-0.2, -0.15) is 0 Å². The average molecular weight is 329 g/mol. The Hall–Kier alpha value is -1.76. The highest BCUT2D eigenvalue weighted by Crippen LogP contribution is 2.30. The molecule has 0 N–H and O–H groups in total. The van der Waals surface area contributed by atoms with E-state index in [4.69, 9.17) is 4.74 Å². The molecule has 1 aliphatic heterocycles. The van der Waals surface area contributed by atoms with Gasteiger partial charge in [0.2, 0.25) is 0 Å². The van der Waals surface area contributed by atoms with Crippen LogP contribution in [0.15, 0.2) is 24.3 Å². The standard InChI is InChI=1S/C16H18F3NO3/c17-16(18,19)23-13-3-1-2-12(8-13)15(21)20-7-6-14(9-20)22-10-11-4-5-11/h1-3,8,11,14H,4-7,9-10H2. The van der Waals surface area contributed by atoms with Crippen LogP contribution in [0.1, 0.15) is 29.6 Å². The van der Waals surface area contributed by atoms with Gasteiger partial charge in [0, 0.05) is 25.3 Å². The third-order valence-corrected chi connectivity index (χ3v) is 4.01. The van der Waals surface area contributed by atoms with Crippen LogP contribution in [0, 0.1) is 5.92 Å². The molecule has 1 saturated heterocycles. The SMILES string of the molecule is O=C(c1cccc(OC(F)(F)F)c1)N1CCC(OCC2CC2)C1. The summed E-state index contributed by atoms with van der Waals surface area (Å²) in [5.41, 5.74) is 0.189. The second kappa shape index (κ2) is 6.39. The number of halogens is 3. The number of carbonyl (C=O) groups is 1. The zero-order valence-corrected chi connectivity index (χ0v) is 12.5. The Morgan fingerprint density at radius 3 is 2.74 bits per heavy atom. The summed E-state index contributed by atoms with van der Waals surface area (Å²) >= 11 is 0. The number of hydrogen-bond acceptors (Lipinski definition) is 3. The molecule has 1 amide bonds. The van der Waals surface area contributed by atoms with Gasteiger partial charge in [-0.15, -0.1) is 13.2 Å². The Labute approximate surface area is 132 Å². The molecule has 1 unspecified atom stereocenters. The normalized spacial score (nSPS) is 21.5. The third kappa shape index (κ3) is 4.60. The van der Waals surface area contributed by atoms with Gasteiger partial charge in [-0.25, -0.2) is 0 Å². The van der Waals surface area contributed by atoms with Crippen molar-refractivity contribution < 1.29 is 27.4 Å². The quantitative estimate of drug-likeness (QED) is 0.832. The topological polar surface area (TPSA) is 38.8 Å². The van der Waals surface area contributed by atoms with Crippen LogP contribution in [0.4, 0.5) is 13.2 Å². The molecule has 1 atom stereocenters. The highest BCUT2D eigenvalue weighted by Gasteiger charge is 2.32. The molecule has 1 aromatic rings. The van der Waals surface area contributed by atoms with E-state index in [0.29, 0.717) is 19.0 Å². The number of nitrogens with zero attached hydrogens (tertiary/aromatic N) is 1. The van der Waals surface area contributed by atoms with E-state index < -0.39 is 6.36 Å². The summed E-state index contributed by atoms with van der Waals surface area (Å²) in [5.74, 6) is -0.0184. The molecule has 1 heterocycles. The van der Waals surface area contributed by atoms with E-state index in [2.05, 4.69) is 4.74 Å². The van der Waals surface area contributed by atoms with Crippen LogP contribution in [0.25, 0.3) is 0 Å². The van der Waals surface area contributed by atoms with Gasteiger partial charge < -0.3 is 14.4 Å². The van der Waals surface area contributed by atoms with Crippen LogP contribution in [0.2, 0.25) is 0 Å². The van der Waals surface area contributed by atoms with Gasteiger partial charge in [0.05, 0.1) is 6.10 Å². The molecule has 1 saturated carbocycles. The highest BCUT2D eigenvalue weighted by molar-refractivity contribution is 5.94. The van der Waals surface area contributed by atoms with E-state index in [9.17, 15) is 18.0 Å². The van der Waals surface area contributed by atoms with Crippen LogP contribution in [0.3, 0.4) is 0 Å². The van der Waals surface area contributed by atoms with E-state index in [0.717, 1.165) is 19.1 Å². The number of carbonyl (C=O) groups excluding carboxylic acids is 1. The predicted molar refractivity (Wildman–Crippen MR) is 76.1 cm³/mol. The van der Waals surface area contributed by atoms with Gasteiger partial charge in [0.25, 0.3) is 5.91 Å². The Bertz CT molecular complexity index is 572. The highest BCUT2D eigenvalue weighted by atomic mass is 19.4. The Balaban J connectivity index is 1.58. The van der Waals surface area contributed by atoms with Crippen LogP contribution in [-0.2, 0) is 4.74 Å². The van der Waals surface area contributed by atoms with Gasteiger partial charge in [-0.05, 0) is 43.4 Å². The maximum absolute atomic E-state index is 12.4. The summed E-state index contributed by atoms with van der Waals surface area (Å²) in [6.07, 6.45) is -1.56. The van der Waals surface area contributed by atoms with Crippen LogP contribution >= 0.6 is 0 Å². The number of likely N-dealkylation sites (tertiary alicyclic amines) is 1. The molecule has 4 nitrogen and oxygen atoms in total. The van der Waals surface area contributed by atoms with Gasteiger partial charge in [-0.3, -0.25) is 4.79 Å². The van der Waals surface area contributed by atoms with E-state index >= 15 is 0 Å². The van der Waals surface area contributed by atoms with Crippen molar-refractivity contribution in [3.63, 3.8) is 0 Å². The van der Waals surface area contributed by atoms with Crippen molar-refractivity contribution in [1.82, 2.24) is 4.90 Å². The summed E-state index contributed by atoms with van der Waals surface area (Å²) < 4.78 is 46.4. The minimum absolute atomic E-state index is 0.0224. The molecule has 3 rings (SSSR count). The predicted octanol–water partition coefficient (Wildman–Crippen LogP) is 3.23. The molecular weight excluding hydrogens is 311 g/mol. The molecule has 2 aliphatic rings. The van der Waals surface area contributed by atoms with Crippen molar-refractivity contribution in [3.8, 4) is 5.75 Å². The first kappa shape index (κ1) is 16.1. The van der Waals surface area contributed by atoms with Crippen molar-refractivity contribution in [2.45, 2.75) is 31.7 Å². The lowest BCUT2D eigenvalue weighted by molar-refractivity contribution is -0.274. The van der Waals surface area contributed by atoms with Crippen molar-refractivity contribution in [1.29, 1.82) is 0 Å². The van der Waals surface area contributed by atoms with Crippen LogP contribution in [-0.4, -0.2) is 43.0 Å². The number of alkyl halides is 3. The van der Waals surface area contributed by atoms with Crippen molar-refractivity contribution >= 4 is 5.91 Å². The minimum atomic E-state index is -4.77. The molecule has 1 aromatic carbocycles. The second-order valence-corrected chi connectivity index (χ2v) is 6.01. The Morgan fingerprint density at radius 2 is 2.04 bits per heavy atom. The second-order valence-electron chi connectivity index (χ2n) is 6.01. The molecule has 1 aliphatic carbocycles. The fraction of sp³-hybridized carbons (Fsp3) is 0.562. The van der Waals surface area contributed by atoms with Crippen molar-refractivity contribution in [3.05, 3.63) is 29.8 Å². The summed E-state index contributed by atoms with van der Waals surface area (Å²) in [4.78, 5) is 14.0. The Morgan fingerprint density at radius 1 is 1.26 bits per heavy atom. The summed E-state index contributed by atoms with van der Waals surface area (Å²) in [6, 6.07) is 5.17.